The quantitative estimate of drug-likeness (QED) is 0.677. The highest BCUT2D eigenvalue weighted by atomic mass is 16.6. The molecule has 0 saturated carbocycles. The van der Waals surface area contributed by atoms with Gasteiger partial charge in [-0.05, 0) is 6.07 Å². The van der Waals surface area contributed by atoms with Gasteiger partial charge in [-0.1, -0.05) is 0 Å². The molecule has 5 nitrogen and oxygen atoms in total. The van der Waals surface area contributed by atoms with Crippen LogP contribution in [0.4, 0.5) is 0 Å². The Labute approximate surface area is 80.9 Å². The Bertz CT molecular complexity index is 340. The van der Waals surface area contributed by atoms with E-state index in [-0.39, 0.29) is 12.4 Å². The van der Waals surface area contributed by atoms with Crippen molar-refractivity contribution < 1.29 is 19.4 Å². The zero-order valence-electron chi connectivity index (χ0n) is 7.53. The van der Waals surface area contributed by atoms with Gasteiger partial charge < -0.3 is 14.6 Å². The zero-order valence-corrected chi connectivity index (χ0v) is 7.53. The van der Waals surface area contributed by atoms with Crippen LogP contribution in [0.5, 0.6) is 17.2 Å². The smallest absolute Gasteiger partial charge is 0.165 e. The Morgan fingerprint density at radius 3 is 2.57 bits per heavy atom. The Morgan fingerprint density at radius 2 is 1.93 bits per heavy atom. The van der Waals surface area contributed by atoms with Crippen LogP contribution in [0, 0.1) is 0 Å². The minimum absolute atomic E-state index is 0.0969. The molecule has 3 N–H and O–H groups in total. The van der Waals surface area contributed by atoms with E-state index in [0.29, 0.717) is 30.3 Å². The normalized spacial score (nSPS) is 14.1. The van der Waals surface area contributed by atoms with Crippen LogP contribution in [-0.4, -0.2) is 18.3 Å². The average Bonchev–Trinajstić information content (AvgIpc) is 2.19. The summed E-state index contributed by atoms with van der Waals surface area (Å²) < 4.78 is 10.6. The van der Waals surface area contributed by atoms with Crippen molar-refractivity contribution in [3.8, 4) is 17.2 Å². The van der Waals surface area contributed by atoms with Crippen LogP contribution in [0.3, 0.4) is 0 Å². The van der Waals surface area contributed by atoms with Crippen molar-refractivity contribution in [1.29, 1.82) is 0 Å². The Hall–Kier alpha value is -1.46. The Kier molecular flexibility index (Phi) is 2.43. The summed E-state index contributed by atoms with van der Waals surface area (Å²) in [5.41, 5.74) is 0.580. The molecule has 0 fully saturated rings. The number of benzene rings is 1. The first-order chi connectivity index (χ1) is 6.81. The van der Waals surface area contributed by atoms with Crippen LogP contribution in [-0.2, 0) is 11.4 Å². The van der Waals surface area contributed by atoms with E-state index in [1.165, 1.54) is 6.07 Å². The number of aromatic hydroxyl groups is 1. The predicted octanol–water partition coefficient (Wildman–Crippen LogP) is 0.554. The molecule has 0 bridgehead atoms. The number of hydrogen-bond acceptors (Lipinski definition) is 5. The lowest BCUT2D eigenvalue weighted by Crippen LogP contribution is -2.15. The molecule has 2 rings (SSSR count). The SMILES string of the molecule is NOCc1cc2c(cc1O)OCCO2. The van der Waals surface area contributed by atoms with Gasteiger partial charge in [-0.15, -0.1) is 0 Å². The lowest BCUT2D eigenvalue weighted by molar-refractivity contribution is 0.121. The van der Waals surface area contributed by atoms with Gasteiger partial charge in [0.15, 0.2) is 11.5 Å². The maximum Gasteiger partial charge on any atom is 0.165 e. The number of rotatable bonds is 2. The van der Waals surface area contributed by atoms with Gasteiger partial charge in [-0.3, -0.25) is 4.84 Å². The van der Waals surface area contributed by atoms with E-state index in [0.717, 1.165) is 0 Å². The van der Waals surface area contributed by atoms with Gasteiger partial charge in [0, 0.05) is 11.6 Å². The lowest BCUT2D eigenvalue weighted by Gasteiger charge is -2.19. The van der Waals surface area contributed by atoms with E-state index in [9.17, 15) is 5.11 Å². The maximum absolute atomic E-state index is 9.53. The summed E-state index contributed by atoms with van der Waals surface area (Å²) >= 11 is 0. The number of ether oxygens (including phenoxy) is 2. The van der Waals surface area contributed by atoms with E-state index in [2.05, 4.69) is 4.84 Å². The molecular formula is C9H11NO4. The summed E-state index contributed by atoms with van der Waals surface area (Å²) in [7, 11) is 0. The summed E-state index contributed by atoms with van der Waals surface area (Å²) in [6, 6.07) is 3.17. The third-order valence-corrected chi connectivity index (χ3v) is 1.98. The molecule has 14 heavy (non-hydrogen) atoms. The van der Waals surface area contributed by atoms with E-state index in [4.69, 9.17) is 15.4 Å². The standard InChI is InChI=1S/C9H11NO4/c10-14-5-6-3-8-9(4-7(6)11)13-2-1-12-8/h3-4,11H,1-2,5,10H2. The predicted molar refractivity (Wildman–Crippen MR) is 48.1 cm³/mol. The van der Waals surface area contributed by atoms with Crippen molar-refractivity contribution in [3.05, 3.63) is 17.7 Å². The van der Waals surface area contributed by atoms with Crippen LogP contribution in [0.2, 0.25) is 0 Å². The second-order valence-electron chi connectivity index (χ2n) is 2.94. The van der Waals surface area contributed by atoms with Crippen molar-refractivity contribution in [3.63, 3.8) is 0 Å². The molecule has 1 aliphatic rings. The maximum atomic E-state index is 9.53. The van der Waals surface area contributed by atoms with Gasteiger partial charge in [0.1, 0.15) is 19.0 Å². The molecule has 0 spiro atoms. The third-order valence-electron chi connectivity index (χ3n) is 1.98. The average molecular weight is 197 g/mol. The minimum atomic E-state index is 0.0969. The first-order valence-electron chi connectivity index (χ1n) is 4.24. The third kappa shape index (κ3) is 1.59. The summed E-state index contributed by atoms with van der Waals surface area (Å²) in [6.07, 6.45) is 0. The fourth-order valence-electron chi connectivity index (χ4n) is 1.33. The lowest BCUT2D eigenvalue weighted by atomic mass is 10.2. The van der Waals surface area contributed by atoms with Crippen LogP contribution in [0.1, 0.15) is 5.56 Å². The monoisotopic (exact) mass is 197 g/mol. The molecule has 1 aromatic carbocycles. The van der Waals surface area contributed by atoms with Gasteiger partial charge in [-0.2, -0.15) is 0 Å². The number of hydrogen-bond donors (Lipinski definition) is 2. The minimum Gasteiger partial charge on any atom is -0.507 e. The van der Waals surface area contributed by atoms with Crippen LogP contribution in [0.25, 0.3) is 0 Å². The summed E-state index contributed by atoms with van der Waals surface area (Å²) in [5, 5.41) is 9.53. The van der Waals surface area contributed by atoms with E-state index in [1.807, 2.05) is 0 Å². The molecule has 1 heterocycles. The number of phenols is 1. The van der Waals surface area contributed by atoms with Crippen molar-refractivity contribution in [2.75, 3.05) is 13.2 Å². The van der Waals surface area contributed by atoms with E-state index >= 15 is 0 Å². The second-order valence-corrected chi connectivity index (χ2v) is 2.94. The molecule has 0 unspecified atom stereocenters. The molecule has 0 aliphatic carbocycles. The highest BCUT2D eigenvalue weighted by Gasteiger charge is 2.15. The van der Waals surface area contributed by atoms with Gasteiger partial charge in [0.25, 0.3) is 0 Å². The largest absolute Gasteiger partial charge is 0.507 e. The van der Waals surface area contributed by atoms with E-state index in [1.54, 1.807) is 6.07 Å². The highest BCUT2D eigenvalue weighted by Crippen LogP contribution is 2.36. The molecule has 1 aromatic rings. The molecule has 76 valence electrons. The Morgan fingerprint density at radius 1 is 1.29 bits per heavy atom. The zero-order chi connectivity index (χ0) is 9.97. The molecule has 0 aromatic heterocycles. The molecule has 0 radical (unpaired) electrons. The topological polar surface area (TPSA) is 73.9 Å². The number of phenolic OH excluding ortho intramolecular Hbond substituents is 1. The fraction of sp³-hybridized carbons (Fsp3) is 0.333. The first-order valence-corrected chi connectivity index (χ1v) is 4.24. The van der Waals surface area contributed by atoms with Crippen molar-refractivity contribution >= 4 is 0 Å². The number of fused-ring (bicyclic) bond motifs is 1. The van der Waals surface area contributed by atoms with Gasteiger partial charge in [0.2, 0.25) is 0 Å². The van der Waals surface area contributed by atoms with Crippen molar-refractivity contribution in [2.24, 2.45) is 5.90 Å². The van der Waals surface area contributed by atoms with Crippen molar-refractivity contribution in [2.45, 2.75) is 6.61 Å². The van der Waals surface area contributed by atoms with E-state index < -0.39 is 0 Å². The summed E-state index contributed by atoms with van der Waals surface area (Å²) in [4.78, 5) is 4.44. The van der Waals surface area contributed by atoms with Crippen LogP contribution >= 0.6 is 0 Å². The summed E-state index contributed by atoms with van der Waals surface area (Å²) in [5.74, 6) is 6.18. The Balaban J connectivity index is 2.35. The molecule has 0 amide bonds. The van der Waals surface area contributed by atoms with Crippen LogP contribution in [0.15, 0.2) is 12.1 Å². The van der Waals surface area contributed by atoms with Gasteiger partial charge in [-0.25, -0.2) is 5.90 Å². The molecule has 0 saturated heterocycles. The first kappa shape index (κ1) is 9.11. The molecule has 1 aliphatic heterocycles. The second kappa shape index (κ2) is 3.73. The molecule has 5 heteroatoms. The molecule has 0 atom stereocenters. The number of nitrogens with two attached hydrogens (primary N) is 1. The highest BCUT2D eigenvalue weighted by molar-refractivity contribution is 5.50. The molecular weight excluding hydrogens is 186 g/mol. The van der Waals surface area contributed by atoms with Crippen molar-refractivity contribution in [1.82, 2.24) is 0 Å². The van der Waals surface area contributed by atoms with Crippen LogP contribution < -0.4 is 15.4 Å². The van der Waals surface area contributed by atoms with Gasteiger partial charge >= 0.3 is 0 Å². The summed E-state index contributed by atoms with van der Waals surface area (Å²) in [6.45, 7) is 1.16. The fourth-order valence-corrected chi connectivity index (χ4v) is 1.33. The van der Waals surface area contributed by atoms with Gasteiger partial charge in [0.05, 0.1) is 6.61 Å².